The van der Waals surface area contributed by atoms with Crippen LogP contribution in [-0.2, 0) is 25.7 Å². The summed E-state index contributed by atoms with van der Waals surface area (Å²) in [6.07, 6.45) is -4.48. The minimum Gasteiger partial charge on any atom is -0.236 e. The van der Waals surface area contributed by atoms with E-state index in [1.54, 1.807) is 0 Å². The fourth-order valence-electron chi connectivity index (χ4n) is 0.614. The van der Waals surface area contributed by atoms with Gasteiger partial charge in [-0.25, -0.2) is 4.39 Å². The molecule has 0 fully saturated rings. The zero-order chi connectivity index (χ0) is 8.48. The second-order valence-corrected chi connectivity index (χ2v) is 1.92. The smallest absolute Gasteiger partial charge is 0.236 e. The fraction of sp³-hybridized carbons (Fsp3) is 0.143. The number of alkyl halides is 3. The summed E-state index contributed by atoms with van der Waals surface area (Å²) in [7, 11) is 0. The molecule has 0 bridgehead atoms. The maximum atomic E-state index is 12.1. The number of rotatable bonds is 0. The molecule has 0 saturated carbocycles. The summed E-state index contributed by atoms with van der Waals surface area (Å²) < 4.78 is 47.5. The van der Waals surface area contributed by atoms with Crippen molar-refractivity contribution < 1.29 is 37.0 Å². The van der Waals surface area contributed by atoms with E-state index in [9.17, 15) is 17.6 Å². The molecule has 1 rings (SSSR count). The van der Waals surface area contributed by atoms with E-state index in [2.05, 4.69) is 0 Å². The predicted octanol–water partition coefficient (Wildman–Crippen LogP) is 2.64. The molecule has 0 saturated heterocycles. The molecule has 0 aromatic heterocycles. The topological polar surface area (TPSA) is 0 Å². The average Bonchev–Trinajstić information content (AvgIpc) is 1.86. The minimum atomic E-state index is -4.48. The van der Waals surface area contributed by atoms with Gasteiger partial charge in [0.25, 0.3) is 0 Å². The van der Waals surface area contributed by atoms with Gasteiger partial charge in [0.05, 0.1) is 0 Å². The maximum Gasteiger partial charge on any atom is 0.394 e. The second-order valence-electron chi connectivity index (χ2n) is 1.92. The Morgan fingerprint density at radius 2 is 1.83 bits per heavy atom. The van der Waals surface area contributed by atoms with E-state index in [4.69, 9.17) is 0 Å². The molecule has 0 spiro atoms. The van der Waals surface area contributed by atoms with E-state index in [1.165, 1.54) is 0 Å². The van der Waals surface area contributed by atoms with E-state index >= 15 is 0 Å². The molecule has 5 heteroatoms. The second kappa shape index (κ2) is 3.99. The van der Waals surface area contributed by atoms with Gasteiger partial charge in [0.2, 0.25) is 0 Å². The first kappa shape index (κ1) is 11.6. The summed E-state index contributed by atoms with van der Waals surface area (Å²) in [4.78, 5) is 0. The first-order valence-corrected chi connectivity index (χ1v) is 2.74. The van der Waals surface area contributed by atoms with E-state index in [0.29, 0.717) is 6.07 Å². The summed E-state index contributed by atoms with van der Waals surface area (Å²) in [6, 6.07) is 4.05. The molecule has 1 aromatic carbocycles. The van der Waals surface area contributed by atoms with E-state index in [0.717, 1.165) is 12.1 Å². The van der Waals surface area contributed by atoms with Crippen molar-refractivity contribution in [3.05, 3.63) is 35.6 Å². The monoisotopic (exact) mass is 227 g/mol. The maximum absolute atomic E-state index is 12.1. The normalized spacial score (nSPS) is 10.7. The summed E-state index contributed by atoms with van der Waals surface area (Å²) >= 11 is 0. The number of benzene rings is 1. The van der Waals surface area contributed by atoms with Crippen molar-refractivity contribution in [3.8, 4) is 0 Å². The van der Waals surface area contributed by atoms with Crippen molar-refractivity contribution in [1.82, 2.24) is 0 Å². The van der Waals surface area contributed by atoms with Gasteiger partial charge in [-0.3, -0.25) is 0 Å². The van der Waals surface area contributed by atoms with Gasteiger partial charge in [-0.05, 0) is 0 Å². The quantitative estimate of drug-likeness (QED) is 0.364. The Balaban J connectivity index is 0.00000121. The molecule has 0 amide bonds. The van der Waals surface area contributed by atoms with Crippen LogP contribution in [0.1, 0.15) is 5.56 Å². The third-order valence-electron chi connectivity index (χ3n) is 1.09. The zero-order valence-electron chi connectivity index (χ0n) is 5.95. The van der Waals surface area contributed by atoms with Crippen molar-refractivity contribution >= 4 is 0 Å². The third-order valence-corrected chi connectivity index (χ3v) is 1.09. The van der Waals surface area contributed by atoms with E-state index < -0.39 is 17.6 Å². The van der Waals surface area contributed by atoms with Crippen LogP contribution in [0.4, 0.5) is 17.6 Å². The molecule has 1 aromatic rings. The van der Waals surface area contributed by atoms with Gasteiger partial charge in [0, 0.05) is 25.3 Å². The molecule has 0 N–H and O–H groups in total. The van der Waals surface area contributed by atoms with Crippen LogP contribution < -0.4 is 0 Å². The molecule has 62 valence electrons. The first-order chi connectivity index (χ1) is 5.00. The van der Waals surface area contributed by atoms with Crippen molar-refractivity contribution in [2.75, 3.05) is 0 Å². The van der Waals surface area contributed by atoms with Gasteiger partial charge < -0.3 is 0 Å². The molecule has 12 heavy (non-hydrogen) atoms. The Kier molecular flexibility index (Phi) is 3.84. The van der Waals surface area contributed by atoms with Gasteiger partial charge >= 0.3 is 6.18 Å². The standard InChI is InChI=1S/C7H3F4.Zn/c8-6-3-1-2-5(4-6)7(9,10)11;/h1-2,4H;/q-1;. The van der Waals surface area contributed by atoms with Crippen molar-refractivity contribution in [2.24, 2.45) is 0 Å². The van der Waals surface area contributed by atoms with Gasteiger partial charge in [-0.15, -0.1) is 12.1 Å². The molecular formula is C7H3F4Zn-. The largest absolute Gasteiger partial charge is 0.394 e. The number of hydrogen-bond acceptors (Lipinski definition) is 0. The van der Waals surface area contributed by atoms with Crippen LogP contribution in [0.2, 0.25) is 0 Å². The fourth-order valence-corrected chi connectivity index (χ4v) is 0.614. The van der Waals surface area contributed by atoms with Crippen LogP contribution in [0.5, 0.6) is 0 Å². The summed E-state index contributed by atoms with van der Waals surface area (Å²) in [5.74, 6) is -1.00. The van der Waals surface area contributed by atoms with Crippen LogP contribution in [0.3, 0.4) is 0 Å². The molecule has 0 heterocycles. The Morgan fingerprint density at radius 1 is 1.25 bits per heavy atom. The van der Waals surface area contributed by atoms with Crippen LogP contribution >= 0.6 is 0 Å². The molecule has 0 aliphatic rings. The third kappa shape index (κ3) is 2.90. The molecule has 0 radical (unpaired) electrons. The minimum absolute atomic E-state index is 0. The van der Waals surface area contributed by atoms with E-state index in [-0.39, 0.29) is 19.5 Å². The molecule has 0 aliphatic heterocycles. The SMILES string of the molecule is Fc1[c-]ccc(C(F)(F)F)c1.[Zn]. The first-order valence-electron chi connectivity index (χ1n) is 2.74. The molecule has 0 atom stereocenters. The average molecular weight is 228 g/mol. The Morgan fingerprint density at radius 3 is 2.17 bits per heavy atom. The van der Waals surface area contributed by atoms with Crippen LogP contribution in [-0.4, -0.2) is 0 Å². The van der Waals surface area contributed by atoms with Gasteiger partial charge in [0.1, 0.15) is 0 Å². The van der Waals surface area contributed by atoms with Crippen molar-refractivity contribution in [3.63, 3.8) is 0 Å². The van der Waals surface area contributed by atoms with Crippen LogP contribution in [0.15, 0.2) is 18.2 Å². The Bertz CT molecular complexity index is 256. The molecule has 0 aliphatic carbocycles. The van der Waals surface area contributed by atoms with Gasteiger partial charge in [-0.2, -0.15) is 25.3 Å². The Labute approximate surface area is 79.3 Å². The summed E-state index contributed by atoms with van der Waals surface area (Å²) in [5, 5.41) is 0. The van der Waals surface area contributed by atoms with Crippen LogP contribution in [0, 0.1) is 11.9 Å². The Hall–Kier alpha value is -0.437. The van der Waals surface area contributed by atoms with Gasteiger partial charge in [-0.1, -0.05) is 5.56 Å². The number of halogens is 4. The van der Waals surface area contributed by atoms with Crippen molar-refractivity contribution in [2.45, 2.75) is 6.18 Å². The van der Waals surface area contributed by atoms with Gasteiger partial charge in [0.15, 0.2) is 0 Å². The number of hydrogen-bond donors (Lipinski definition) is 0. The summed E-state index contributed by atoms with van der Waals surface area (Å²) in [5.41, 5.74) is -0.992. The zero-order valence-corrected chi connectivity index (χ0v) is 8.92. The van der Waals surface area contributed by atoms with E-state index in [1.807, 2.05) is 6.07 Å². The van der Waals surface area contributed by atoms with Crippen LogP contribution in [0.25, 0.3) is 0 Å². The molecule has 0 nitrogen and oxygen atoms in total. The van der Waals surface area contributed by atoms with Crippen molar-refractivity contribution in [1.29, 1.82) is 0 Å². The summed E-state index contributed by atoms with van der Waals surface area (Å²) in [6.45, 7) is 0. The molecular weight excluding hydrogens is 225 g/mol. The predicted molar refractivity (Wildman–Crippen MR) is 30.2 cm³/mol. The molecule has 0 unspecified atom stereocenters.